The number of benzene rings is 1. The number of carbonyl (C=O) groups is 1. The standard InChI is InChI=1S/C15H11Br2N3O/c1-9(21)18-15-13(10-5-3-2-4-6-10)19-14-12(17)7-11(16)8-20(14)15/h2-8H,1H3,(H,18,21). The zero-order valence-electron chi connectivity index (χ0n) is 11.1. The van der Waals surface area contributed by atoms with Crippen LogP contribution in [0.25, 0.3) is 16.9 Å². The molecule has 1 N–H and O–H groups in total. The predicted molar refractivity (Wildman–Crippen MR) is 90.3 cm³/mol. The molecule has 4 nitrogen and oxygen atoms in total. The van der Waals surface area contributed by atoms with Gasteiger partial charge in [-0.2, -0.15) is 0 Å². The average Bonchev–Trinajstić information content (AvgIpc) is 2.78. The van der Waals surface area contributed by atoms with E-state index in [9.17, 15) is 4.79 Å². The number of carbonyl (C=O) groups excluding carboxylic acids is 1. The molecule has 0 radical (unpaired) electrons. The van der Waals surface area contributed by atoms with Gasteiger partial charge in [0.05, 0.1) is 4.47 Å². The molecule has 0 aliphatic heterocycles. The van der Waals surface area contributed by atoms with Crippen LogP contribution in [0.3, 0.4) is 0 Å². The molecule has 106 valence electrons. The Hall–Kier alpha value is -1.66. The number of fused-ring (bicyclic) bond motifs is 1. The van der Waals surface area contributed by atoms with E-state index >= 15 is 0 Å². The summed E-state index contributed by atoms with van der Waals surface area (Å²) in [6.07, 6.45) is 1.88. The van der Waals surface area contributed by atoms with Crippen LogP contribution >= 0.6 is 31.9 Å². The van der Waals surface area contributed by atoms with Gasteiger partial charge in [-0.25, -0.2) is 4.98 Å². The van der Waals surface area contributed by atoms with Crippen molar-refractivity contribution in [3.05, 3.63) is 51.5 Å². The lowest BCUT2D eigenvalue weighted by molar-refractivity contribution is -0.114. The maximum atomic E-state index is 11.5. The van der Waals surface area contributed by atoms with Gasteiger partial charge in [0.25, 0.3) is 0 Å². The molecule has 2 heterocycles. The Morgan fingerprint density at radius 3 is 2.62 bits per heavy atom. The highest BCUT2D eigenvalue weighted by molar-refractivity contribution is 9.11. The average molecular weight is 409 g/mol. The quantitative estimate of drug-likeness (QED) is 0.679. The summed E-state index contributed by atoms with van der Waals surface area (Å²) in [6, 6.07) is 11.7. The van der Waals surface area contributed by atoms with Gasteiger partial charge in [0.1, 0.15) is 11.5 Å². The Labute approximate surface area is 138 Å². The summed E-state index contributed by atoms with van der Waals surface area (Å²) < 4.78 is 3.61. The normalized spacial score (nSPS) is 10.8. The predicted octanol–water partition coefficient (Wildman–Crippen LogP) is 4.48. The van der Waals surface area contributed by atoms with Gasteiger partial charge in [0.2, 0.25) is 5.91 Å². The number of nitrogens with one attached hydrogen (secondary N) is 1. The summed E-state index contributed by atoms with van der Waals surface area (Å²) in [7, 11) is 0. The van der Waals surface area contributed by atoms with E-state index < -0.39 is 0 Å². The van der Waals surface area contributed by atoms with Gasteiger partial charge in [0, 0.05) is 23.2 Å². The molecule has 3 aromatic rings. The topological polar surface area (TPSA) is 46.4 Å². The molecule has 0 saturated heterocycles. The van der Waals surface area contributed by atoms with Crippen LogP contribution in [0.5, 0.6) is 0 Å². The smallest absolute Gasteiger partial charge is 0.222 e. The molecule has 0 fully saturated rings. The van der Waals surface area contributed by atoms with E-state index in [0.717, 1.165) is 25.8 Å². The molecule has 21 heavy (non-hydrogen) atoms. The fourth-order valence-electron chi connectivity index (χ4n) is 2.16. The fraction of sp³-hybridized carbons (Fsp3) is 0.0667. The number of aromatic nitrogens is 2. The minimum Gasteiger partial charge on any atom is -0.310 e. The van der Waals surface area contributed by atoms with Gasteiger partial charge in [-0.1, -0.05) is 30.3 Å². The lowest BCUT2D eigenvalue weighted by Gasteiger charge is -2.06. The maximum absolute atomic E-state index is 11.5. The summed E-state index contributed by atoms with van der Waals surface area (Å²) in [4.78, 5) is 16.2. The molecule has 2 aromatic heterocycles. The van der Waals surface area contributed by atoms with Crippen molar-refractivity contribution in [1.82, 2.24) is 9.38 Å². The number of rotatable bonds is 2. The lowest BCUT2D eigenvalue weighted by atomic mass is 10.1. The van der Waals surface area contributed by atoms with Gasteiger partial charge >= 0.3 is 0 Å². The molecule has 6 heteroatoms. The van der Waals surface area contributed by atoms with Crippen molar-refractivity contribution in [3.8, 4) is 11.3 Å². The van der Waals surface area contributed by atoms with Crippen LogP contribution in [0.4, 0.5) is 5.82 Å². The third-order valence-corrected chi connectivity index (χ3v) is 4.00. The number of amides is 1. The van der Waals surface area contributed by atoms with Crippen LogP contribution in [-0.4, -0.2) is 15.3 Å². The molecule has 0 bridgehead atoms. The van der Waals surface area contributed by atoms with E-state index in [0.29, 0.717) is 5.82 Å². The van der Waals surface area contributed by atoms with E-state index in [4.69, 9.17) is 0 Å². The Balaban J connectivity index is 2.33. The van der Waals surface area contributed by atoms with Crippen LogP contribution in [0, 0.1) is 0 Å². The first-order valence-electron chi connectivity index (χ1n) is 6.26. The summed E-state index contributed by atoms with van der Waals surface area (Å²) in [5, 5.41) is 2.87. The Kier molecular flexibility index (Phi) is 3.82. The highest BCUT2D eigenvalue weighted by atomic mass is 79.9. The second-order valence-electron chi connectivity index (χ2n) is 4.56. The summed E-state index contributed by atoms with van der Waals surface area (Å²) >= 11 is 6.97. The number of pyridine rings is 1. The SMILES string of the molecule is CC(=O)Nc1c(-c2ccccc2)nc2c(Br)cc(Br)cn12. The molecular formula is C15H11Br2N3O. The first-order valence-corrected chi connectivity index (χ1v) is 7.85. The van der Waals surface area contributed by atoms with Crippen molar-refractivity contribution in [1.29, 1.82) is 0 Å². The zero-order chi connectivity index (χ0) is 15.0. The highest BCUT2D eigenvalue weighted by Gasteiger charge is 2.17. The van der Waals surface area contributed by atoms with E-state index in [-0.39, 0.29) is 5.91 Å². The van der Waals surface area contributed by atoms with E-state index in [1.54, 1.807) is 0 Å². The fourth-order valence-corrected chi connectivity index (χ4v) is 3.42. The van der Waals surface area contributed by atoms with Crippen LogP contribution < -0.4 is 5.32 Å². The Bertz CT molecular complexity index is 828. The molecule has 0 unspecified atom stereocenters. The molecule has 0 saturated carbocycles. The van der Waals surface area contributed by atoms with Gasteiger partial charge in [-0.3, -0.25) is 9.20 Å². The van der Waals surface area contributed by atoms with Crippen LogP contribution in [0.15, 0.2) is 51.5 Å². The minimum atomic E-state index is -0.134. The van der Waals surface area contributed by atoms with E-state index in [1.165, 1.54) is 6.92 Å². The monoisotopic (exact) mass is 407 g/mol. The summed E-state index contributed by atoms with van der Waals surface area (Å²) in [5.74, 6) is 0.524. The minimum absolute atomic E-state index is 0.134. The summed E-state index contributed by atoms with van der Waals surface area (Å²) in [6.45, 7) is 1.49. The van der Waals surface area contributed by atoms with Gasteiger partial charge in [-0.15, -0.1) is 0 Å². The number of hydrogen-bond acceptors (Lipinski definition) is 2. The molecule has 0 spiro atoms. The van der Waals surface area contributed by atoms with Crippen LogP contribution in [0.1, 0.15) is 6.92 Å². The highest BCUT2D eigenvalue weighted by Crippen LogP contribution is 2.33. The molecule has 1 aromatic carbocycles. The lowest BCUT2D eigenvalue weighted by Crippen LogP contribution is -2.09. The van der Waals surface area contributed by atoms with Gasteiger partial charge < -0.3 is 5.32 Å². The van der Waals surface area contributed by atoms with Crippen LogP contribution in [0.2, 0.25) is 0 Å². The molecular weight excluding hydrogens is 398 g/mol. The maximum Gasteiger partial charge on any atom is 0.222 e. The van der Waals surface area contributed by atoms with Crippen molar-refractivity contribution in [2.45, 2.75) is 6.92 Å². The van der Waals surface area contributed by atoms with E-state index in [1.807, 2.05) is 47.0 Å². The summed E-state index contributed by atoms with van der Waals surface area (Å²) in [5.41, 5.74) is 2.44. The third-order valence-electron chi connectivity index (χ3n) is 2.98. The second-order valence-corrected chi connectivity index (χ2v) is 6.33. The first kappa shape index (κ1) is 14.3. The van der Waals surface area contributed by atoms with Crippen molar-refractivity contribution in [2.24, 2.45) is 0 Å². The van der Waals surface area contributed by atoms with Gasteiger partial charge in [0.15, 0.2) is 5.65 Å². The number of nitrogens with zero attached hydrogens (tertiary/aromatic N) is 2. The van der Waals surface area contributed by atoms with Crippen molar-refractivity contribution in [2.75, 3.05) is 5.32 Å². The van der Waals surface area contributed by atoms with E-state index in [2.05, 4.69) is 42.2 Å². The molecule has 0 aliphatic carbocycles. The number of imidazole rings is 1. The number of halogens is 2. The molecule has 3 rings (SSSR count). The van der Waals surface area contributed by atoms with Crippen molar-refractivity contribution in [3.63, 3.8) is 0 Å². The van der Waals surface area contributed by atoms with Crippen molar-refractivity contribution >= 4 is 49.2 Å². The molecule has 0 atom stereocenters. The molecule has 0 aliphatic rings. The Morgan fingerprint density at radius 1 is 1.24 bits per heavy atom. The zero-order valence-corrected chi connectivity index (χ0v) is 14.3. The number of anilines is 1. The second kappa shape index (κ2) is 5.61. The third kappa shape index (κ3) is 2.73. The van der Waals surface area contributed by atoms with Gasteiger partial charge in [-0.05, 0) is 37.9 Å². The first-order chi connectivity index (χ1) is 10.1. The Morgan fingerprint density at radius 2 is 1.95 bits per heavy atom. The molecule has 1 amide bonds. The largest absolute Gasteiger partial charge is 0.310 e. The van der Waals surface area contributed by atoms with Crippen LogP contribution in [-0.2, 0) is 4.79 Å². The number of hydrogen-bond donors (Lipinski definition) is 1. The van der Waals surface area contributed by atoms with Crippen molar-refractivity contribution < 1.29 is 4.79 Å².